The van der Waals surface area contributed by atoms with Crippen LogP contribution in [0.5, 0.6) is 0 Å². The molecular weight excluding hydrogens is 500 g/mol. The van der Waals surface area contributed by atoms with Gasteiger partial charge in [-0.25, -0.2) is 4.98 Å². The Balaban J connectivity index is 1.48. The molecule has 0 radical (unpaired) electrons. The molecule has 3 heterocycles. The van der Waals surface area contributed by atoms with Gasteiger partial charge in [-0.2, -0.15) is 0 Å². The standard InChI is InChI=1S/C29H38N4O4S/c1-17-25(38-16-31-17)19-10-8-18(9-11-19)14-30-26(35)21-12-20(34)15-33(21)27(36)24(29(5,6)7)22-13-23(32-37-22)28(2,3)4/h8-11,13,16,20-21,24,34H,12,14-15H2,1-7H3,(H,30,35). The lowest BCUT2D eigenvalue weighted by Gasteiger charge is -2.33. The number of hydrogen-bond donors (Lipinski definition) is 2. The molecule has 0 aliphatic carbocycles. The highest BCUT2D eigenvalue weighted by molar-refractivity contribution is 7.13. The average Bonchev–Trinajstić information content (AvgIpc) is 3.57. The molecule has 4 rings (SSSR count). The number of aliphatic hydroxyl groups excluding tert-OH is 1. The van der Waals surface area contributed by atoms with Crippen molar-refractivity contribution in [3.05, 3.63) is 58.6 Å². The van der Waals surface area contributed by atoms with E-state index in [0.29, 0.717) is 12.3 Å². The lowest BCUT2D eigenvalue weighted by Crippen LogP contribution is -2.49. The highest BCUT2D eigenvalue weighted by Gasteiger charge is 2.46. The van der Waals surface area contributed by atoms with Gasteiger partial charge < -0.3 is 19.8 Å². The SMILES string of the molecule is Cc1ncsc1-c1ccc(CNC(=O)C2CC(O)CN2C(=O)C(c2cc(C(C)(C)C)no2)C(C)(C)C)cc1. The largest absolute Gasteiger partial charge is 0.391 e. The van der Waals surface area contributed by atoms with Crippen LogP contribution in [-0.4, -0.2) is 50.7 Å². The minimum atomic E-state index is -0.767. The average molecular weight is 539 g/mol. The molecule has 3 aromatic rings. The lowest BCUT2D eigenvalue weighted by molar-refractivity contribution is -0.142. The third kappa shape index (κ3) is 5.99. The van der Waals surface area contributed by atoms with Crippen molar-refractivity contribution in [2.75, 3.05) is 6.54 Å². The summed E-state index contributed by atoms with van der Waals surface area (Å²) in [6.45, 7) is 14.4. The second kappa shape index (κ2) is 10.6. The zero-order valence-corrected chi connectivity index (χ0v) is 24.1. The number of benzene rings is 1. The highest BCUT2D eigenvalue weighted by atomic mass is 32.1. The first-order valence-electron chi connectivity index (χ1n) is 13.0. The van der Waals surface area contributed by atoms with Crippen LogP contribution in [0.3, 0.4) is 0 Å². The van der Waals surface area contributed by atoms with E-state index >= 15 is 0 Å². The Bertz CT molecular complexity index is 1280. The third-order valence-corrected chi connectivity index (χ3v) is 7.97. The van der Waals surface area contributed by atoms with E-state index in [4.69, 9.17) is 4.52 Å². The topological polar surface area (TPSA) is 109 Å². The van der Waals surface area contributed by atoms with Gasteiger partial charge in [-0.1, -0.05) is 71.0 Å². The van der Waals surface area contributed by atoms with Crippen molar-refractivity contribution in [2.24, 2.45) is 5.41 Å². The summed E-state index contributed by atoms with van der Waals surface area (Å²) >= 11 is 1.60. The van der Waals surface area contributed by atoms with Gasteiger partial charge in [0.25, 0.3) is 0 Å². The summed E-state index contributed by atoms with van der Waals surface area (Å²) < 4.78 is 5.67. The quantitative estimate of drug-likeness (QED) is 0.466. The Morgan fingerprint density at radius 3 is 2.42 bits per heavy atom. The predicted octanol–water partition coefficient (Wildman–Crippen LogP) is 4.81. The predicted molar refractivity (Wildman–Crippen MR) is 148 cm³/mol. The summed E-state index contributed by atoms with van der Waals surface area (Å²) in [7, 11) is 0. The van der Waals surface area contributed by atoms with E-state index in [2.05, 4.69) is 15.5 Å². The summed E-state index contributed by atoms with van der Waals surface area (Å²) in [4.78, 5) is 34.1. The number of hydrogen-bond acceptors (Lipinski definition) is 7. The Hall–Kier alpha value is -3.04. The van der Waals surface area contributed by atoms with Crippen molar-refractivity contribution < 1.29 is 19.2 Å². The molecule has 3 atom stereocenters. The van der Waals surface area contributed by atoms with E-state index in [1.807, 2.05) is 84.3 Å². The molecule has 2 aromatic heterocycles. The fraction of sp³-hybridized carbons (Fsp3) is 0.517. The minimum absolute atomic E-state index is 0.104. The molecule has 1 saturated heterocycles. The van der Waals surface area contributed by atoms with Crippen LogP contribution in [0.1, 0.15) is 76.6 Å². The molecule has 3 unspecified atom stereocenters. The number of carbonyl (C=O) groups excluding carboxylic acids is 2. The fourth-order valence-electron chi connectivity index (χ4n) is 4.83. The van der Waals surface area contributed by atoms with Gasteiger partial charge in [0.15, 0.2) is 0 Å². The molecule has 1 fully saturated rings. The maximum Gasteiger partial charge on any atom is 0.243 e. The van der Waals surface area contributed by atoms with Gasteiger partial charge in [0.05, 0.1) is 27.9 Å². The lowest BCUT2D eigenvalue weighted by atomic mass is 9.77. The summed E-state index contributed by atoms with van der Waals surface area (Å²) in [5.74, 6) is -0.688. The van der Waals surface area contributed by atoms with Gasteiger partial charge in [-0.15, -0.1) is 11.3 Å². The molecule has 8 nitrogen and oxygen atoms in total. The van der Waals surface area contributed by atoms with Gasteiger partial charge in [0.2, 0.25) is 11.8 Å². The van der Waals surface area contributed by atoms with Crippen molar-refractivity contribution in [3.8, 4) is 10.4 Å². The van der Waals surface area contributed by atoms with Crippen LogP contribution in [0, 0.1) is 12.3 Å². The smallest absolute Gasteiger partial charge is 0.243 e. The van der Waals surface area contributed by atoms with Crippen LogP contribution < -0.4 is 5.32 Å². The Labute approximate surface area is 228 Å². The number of nitrogens with one attached hydrogen (secondary N) is 1. The Morgan fingerprint density at radius 2 is 1.87 bits per heavy atom. The number of amides is 2. The van der Waals surface area contributed by atoms with Crippen LogP contribution >= 0.6 is 11.3 Å². The minimum Gasteiger partial charge on any atom is -0.391 e. The van der Waals surface area contributed by atoms with Crippen LogP contribution in [-0.2, 0) is 21.5 Å². The molecule has 9 heteroatoms. The molecule has 0 spiro atoms. The molecule has 0 saturated carbocycles. The van der Waals surface area contributed by atoms with Gasteiger partial charge in [-0.3, -0.25) is 9.59 Å². The number of β-amino-alcohol motifs (C(OH)–C–C–N with tert-alkyl or cyclic N) is 1. The van der Waals surface area contributed by atoms with Crippen molar-refractivity contribution in [1.29, 1.82) is 0 Å². The van der Waals surface area contributed by atoms with Crippen LogP contribution in [0.25, 0.3) is 10.4 Å². The molecule has 0 bridgehead atoms. The summed E-state index contributed by atoms with van der Waals surface area (Å²) in [6, 6.07) is 9.09. The molecule has 204 valence electrons. The Morgan fingerprint density at radius 1 is 1.18 bits per heavy atom. The summed E-state index contributed by atoms with van der Waals surface area (Å²) in [5, 5.41) is 17.6. The molecule has 1 aromatic carbocycles. The van der Waals surface area contributed by atoms with Gasteiger partial charge in [0.1, 0.15) is 17.7 Å². The maximum atomic E-state index is 13.9. The van der Waals surface area contributed by atoms with Crippen LogP contribution in [0.15, 0.2) is 40.4 Å². The molecule has 1 aliphatic rings. The monoisotopic (exact) mass is 538 g/mol. The molecule has 2 amide bonds. The maximum absolute atomic E-state index is 13.9. The van der Waals surface area contributed by atoms with E-state index in [0.717, 1.165) is 27.4 Å². The molecule has 38 heavy (non-hydrogen) atoms. The van der Waals surface area contributed by atoms with E-state index in [9.17, 15) is 14.7 Å². The number of aromatic nitrogens is 2. The number of carbonyl (C=O) groups is 2. The van der Waals surface area contributed by atoms with E-state index in [1.165, 1.54) is 4.90 Å². The number of rotatable bonds is 6. The number of aliphatic hydroxyl groups is 1. The molecule has 2 N–H and O–H groups in total. The van der Waals surface area contributed by atoms with Crippen molar-refractivity contribution >= 4 is 23.2 Å². The van der Waals surface area contributed by atoms with E-state index in [-0.39, 0.29) is 30.2 Å². The Kier molecular flexibility index (Phi) is 7.81. The first kappa shape index (κ1) is 28.0. The molecule has 1 aliphatic heterocycles. The third-order valence-electron chi connectivity index (χ3n) is 6.99. The summed E-state index contributed by atoms with van der Waals surface area (Å²) in [5.41, 5.74) is 4.92. The van der Waals surface area contributed by atoms with Crippen molar-refractivity contribution in [1.82, 2.24) is 20.4 Å². The fourth-order valence-corrected chi connectivity index (χ4v) is 5.64. The second-order valence-electron chi connectivity index (χ2n) is 12.2. The first-order chi connectivity index (χ1) is 17.8. The molecular formula is C29H38N4O4S. The van der Waals surface area contributed by atoms with Gasteiger partial charge >= 0.3 is 0 Å². The zero-order valence-electron chi connectivity index (χ0n) is 23.2. The first-order valence-corrected chi connectivity index (χ1v) is 13.9. The van der Waals surface area contributed by atoms with E-state index in [1.54, 1.807) is 11.3 Å². The van der Waals surface area contributed by atoms with Crippen LogP contribution in [0.2, 0.25) is 0 Å². The second-order valence-corrected chi connectivity index (χ2v) is 13.1. The normalized spacial score (nSPS) is 19.0. The van der Waals surface area contributed by atoms with E-state index < -0.39 is 23.5 Å². The van der Waals surface area contributed by atoms with Crippen molar-refractivity contribution in [3.63, 3.8) is 0 Å². The number of likely N-dealkylation sites (tertiary alicyclic amines) is 1. The highest BCUT2D eigenvalue weighted by Crippen LogP contribution is 2.39. The number of nitrogens with zero attached hydrogens (tertiary/aromatic N) is 3. The van der Waals surface area contributed by atoms with Gasteiger partial charge in [0, 0.05) is 31.0 Å². The number of thiazole rings is 1. The summed E-state index contributed by atoms with van der Waals surface area (Å²) in [6.07, 6.45) is -0.570. The van der Waals surface area contributed by atoms with Gasteiger partial charge in [-0.05, 0) is 23.5 Å². The number of aryl methyl sites for hydroxylation is 1. The van der Waals surface area contributed by atoms with Crippen molar-refractivity contribution in [2.45, 2.75) is 84.9 Å². The van der Waals surface area contributed by atoms with Crippen LogP contribution in [0.4, 0.5) is 0 Å². The zero-order chi connectivity index (χ0) is 27.8.